The second kappa shape index (κ2) is 10.2. The number of amides is 1. The van der Waals surface area contributed by atoms with E-state index in [0.717, 1.165) is 5.56 Å². The Hall–Kier alpha value is -3.89. The molecule has 2 aromatic carbocycles. The van der Waals surface area contributed by atoms with Crippen LogP contribution in [-0.4, -0.2) is 40.4 Å². The van der Waals surface area contributed by atoms with Crippen molar-refractivity contribution in [1.29, 1.82) is 5.41 Å². The van der Waals surface area contributed by atoms with Gasteiger partial charge in [0.2, 0.25) is 11.7 Å². The average molecular weight is 469 g/mol. The van der Waals surface area contributed by atoms with E-state index in [1.54, 1.807) is 67.6 Å². The van der Waals surface area contributed by atoms with E-state index in [-0.39, 0.29) is 29.9 Å². The van der Waals surface area contributed by atoms with E-state index in [0.29, 0.717) is 22.5 Å². The van der Waals surface area contributed by atoms with Crippen molar-refractivity contribution in [2.45, 2.75) is 13.1 Å². The Morgan fingerprint density at radius 2 is 1.91 bits per heavy atom. The lowest BCUT2D eigenvalue weighted by molar-refractivity contribution is -0.121. The SMILES string of the molecule is CN(C)Nc1nc(Cl)c(-c2cccc(N)c2)n(CC(=O)NCc2ccc(C(=N)N)cc2)c1=O. The standard InChI is InChI=1S/C22H25ClN8O2/c1-30(2)29-21-22(33)31(18(19(23)28-21)15-4-3-5-16(24)10-15)12-17(32)27-11-13-6-8-14(9-7-13)20(25)26/h3-10H,11-12,24H2,1-2H3,(H3,25,26)(H,27,32)(H,28,29). The zero-order valence-electron chi connectivity index (χ0n) is 18.2. The minimum Gasteiger partial charge on any atom is -0.399 e. The number of benzene rings is 2. The normalized spacial score (nSPS) is 10.8. The van der Waals surface area contributed by atoms with Crippen molar-refractivity contribution < 1.29 is 4.79 Å². The lowest BCUT2D eigenvalue weighted by atomic mass is 10.1. The van der Waals surface area contributed by atoms with Crippen molar-refractivity contribution in [3.8, 4) is 11.3 Å². The second-order valence-corrected chi connectivity index (χ2v) is 7.87. The van der Waals surface area contributed by atoms with Crippen molar-refractivity contribution in [3.05, 3.63) is 75.2 Å². The van der Waals surface area contributed by atoms with Crippen molar-refractivity contribution in [2.75, 3.05) is 25.3 Å². The first kappa shape index (κ1) is 23.8. The summed E-state index contributed by atoms with van der Waals surface area (Å²) in [6.45, 7) is -0.0418. The summed E-state index contributed by atoms with van der Waals surface area (Å²) in [6, 6.07) is 13.8. The summed E-state index contributed by atoms with van der Waals surface area (Å²) in [4.78, 5) is 30.1. The molecule has 0 aliphatic carbocycles. The predicted octanol–water partition coefficient (Wildman–Crippen LogP) is 1.63. The van der Waals surface area contributed by atoms with Gasteiger partial charge in [0.1, 0.15) is 12.4 Å². The molecule has 0 atom stereocenters. The highest BCUT2D eigenvalue weighted by Gasteiger charge is 2.19. The van der Waals surface area contributed by atoms with Gasteiger partial charge in [-0.2, -0.15) is 0 Å². The quantitative estimate of drug-likeness (QED) is 0.145. The van der Waals surface area contributed by atoms with Crippen LogP contribution >= 0.6 is 11.6 Å². The Morgan fingerprint density at radius 1 is 1.21 bits per heavy atom. The third-order valence-corrected chi connectivity index (χ3v) is 4.93. The van der Waals surface area contributed by atoms with Crippen LogP contribution in [-0.2, 0) is 17.9 Å². The summed E-state index contributed by atoms with van der Waals surface area (Å²) in [5.74, 6) is -0.433. The molecule has 3 rings (SSSR count). The van der Waals surface area contributed by atoms with Gasteiger partial charge in [0.05, 0.1) is 5.69 Å². The molecule has 0 saturated carbocycles. The fraction of sp³-hybridized carbons (Fsp3) is 0.182. The lowest BCUT2D eigenvalue weighted by Crippen LogP contribution is -2.36. The highest BCUT2D eigenvalue weighted by molar-refractivity contribution is 6.32. The summed E-state index contributed by atoms with van der Waals surface area (Å²) in [5.41, 5.74) is 16.4. The van der Waals surface area contributed by atoms with Crippen molar-refractivity contribution in [3.63, 3.8) is 0 Å². The van der Waals surface area contributed by atoms with Gasteiger partial charge in [-0.05, 0) is 17.7 Å². The summed E-state index contributed by atoms with van der Waals surface area (Å²) in [5, 5.41) is 11.8. The van der Waals surface area contributed by atoms with E-state index in [1.165, 1.54) is 4.57 Å². The molecule has 1 aromatic heterocycles. The van der Waals surface area contributed by atoms with Gasteiger partial charge in [0, 0.05) is 37.5 Å². The number of nitrogens with two attached hydrogens (primary N) is 2. The Morgan fingerprint density at radius 3 is 2.52 bits per heavy atom. The lowest BCUT2D eigenvalue weighted by Gasteiger charge is -2.18. The Balaban J connectivity index is 1.90. The smallest absolute Gasteiger partial charge is 0.295 e. The van der Waals surface area contributed by atoms with Crippen molar-refractivity contribution in [2.24, 2.45) is 5.73 Å². The summed E-state index contributed by atoms with van der Waals surface area (Å²) >= 11 is 6.44. The maximum absolute atomic E-state index is 13.2. The molecule has 1 amide bonds. The molecule has 1 heterocycles. The molecular formula is C22H25ClN8O2. The molecule has 11 heteroatoms. The van der Waals surface area contributed by atoms with Crippen LogP contribution in [0.2, 0.25) is 5.15 Å². The highest BCUT2D eigenvalue weighted by atomic mass is 35.5. The molecule has 0 aliphatic heterocycles. The van der Waals surface area contributed by atoms with E-state index in [2.05, 4.69) is 15.7 Å². The van der Waals surface area contributed by atoms with Gasteiger partial charge in [-0.3, -0.25) is 25.0 Å². The van der Waals surface area contributed by atoms with E-state index in [9.17, 15) is 9.59 Å². The third kappa shape index (κ3) is 5.88. The molecule has 0 radical (unpaired) electrons. The van der Waals surface area contributed by atoms with Crippen LogP contribution in [0.1, 0.15) is 11.1 Å². The van der Waals surface area contributed by atoms with Gasteiger partial charge in [-0.15, -0.1) is 0 Å². The van der Waals surface area contributed by atoms with Crippen LogP contribution in [0.3, 0.4) is 0 Å². The van der Waals surface area contributed by atoms with E-state index in [1.807, 2.05) is 0 Å². The molecule has 0 aliphatic rings. The Bertz CT molecular complexity index is 1240. The van der Waals surface area contributed by atoms with Crippen LogP contribution in [0.5, 0.6) is 0 Å². The van der Waals surface area contributed by atoms with Gasteiger partial charge < -0.3 is 16.8 Å². The Labute approximate surface area is 195 Å². The van der Waals surface area contributed by atoms with Crippen LogP contribution < -0.4 is 27.8 Å². The number of amidine groups is 1. The fourth-order valence-corrected chi connectivity index (χ4v) is 3.43. The zero-order chi connectivity index (χ0) is 24.1. The predicted molar refractivity (Wildman–Crippen MR) is 130 cm³/mol. The molecule has 0 bridgehead atoms. The number of carbonyl (C=O) groups is 1. The molecule has 7 N–H and O–H groups in total. The van der Waals surface area contributed by atoms with Crippen LogP contribution in [0.4, 0.5) is 11.5 Å². The zero-order valence-corrected chi connectivity index (χ0v) is 19.0. The molecule has 0 fully saturated rings. The first-order chi connectivity index (χ1) is 15.7. The molecular weight excluding hydrogens is 444 g/mol. The van der Waals surface area contributed by atoms with Crippen molar-refractivity contribution >= 4 is 34.8 Å². The van der Waals surface area contributed by atoms with Crippen LogP contribution in [0.25, 0.3) is 11.3 Å². The molecule has 10 nitrogen and oxygen atoms in total. The first-order valence-electron chi connectivity index (χ1n) is 9.96. The van der Waals surface area contributed by atoms with Gasteiger partial charge in [0.25, 0.3) is 5.56 Å². The topological polar surface area (TPSA) is 155 Å². The number of carbonyl (C=O) groups excluding carboxylic acids is 1. The first-order valence-corrected chi connectivity index (χ1v) is 10.3. The summed E-state index contributed by atoms with van der Waals surface area (Å²) in [7, 11) is 3.41. The van der Waals surface area contributed by atoms with Gasteiger partial charge >= 0.3 is 0 Å². The molecule has 33 heavy (non-hydrogen) atoms. The molecule has 3 aromatic rings. The number of nitrogens with one attached hydrogen (secondary N) is 3. The maximum atomic E-state index is 13.2. The average Bonchev–Trinajstić information content (AvgIpc) is 2.75. The van der Waals surface area contributed by atoms with E-state index in [4.69, 9.17) is 28.5 Å². The monoisotopic (exact) mass is 468 g/mol. The number of nitrogen functional groups attached to an aromatic ring is 2. The van der Waals surface area contributed by atoms with Crippen LogP contribution in [0.15, 0.2) is 53.3 Å². The minimum absolute atomic E-state index is 0.00900. The molecule has 0 saturated heterocycles. The van der Waals surface area contributed by atoms with E-state index >= 15 is 0 Å². The summed E-state index contributed by atoms with van der Waals surface area (Å²) < 4.78 is 1.27. The fourth-order valence-electron chi connectivity index (χ4n) is 3.14. The highest BCUT2D eigenvalue weighted by Crippen LogP contribution is 2.27. The molecule has 172 valence electrons. The van der Waals surface area contributed by atoms with Crippen molar-refractivity contribution in [1.82, 2.24) is 19.9 Å². The minimum atomic E-state index is -0.508. The van der Waals surface area contributed by atoms with E-state index < -0.39 is 11.5 Å². The largest absolute Gasteiger partial charge is 0.399 e. The number of aromatic nitrogens is 2. The number of hydrogen-bond donors (Lipinski definition) is 5. The molecule has 0 spiro atoms. The number of hydrogen-bond acceptors (Lipinski definition) is 7. The number of halogens is 1. The van der Waals surface area contributed by atoms with Gasteiger partial charge in [-0.1, -0.05) is 48.0 Å². The Kier molecular flexibility index (Phi) is 7.31. The number of anilines is 2. The van der Waals surface area contributed by atoms with Crippen LogP contribution in [0, 0.1) is 5.41 Å². The van der Waals surface area contributed by atoms with Gasteiger partial charge in [-0.25, -0.2) is 9.99 Å². The summed E-state index contributed by atoms with van der Waals surface area (Å²) in [6.07, 6.45) is 0. The second-order valence-electron chi connectivity index (χ2n) is 7.51. The molecule has 0 unspecified atom stereocenters. The third-order valence-electron chi connectivity index (χ3n) is 4.67. The maximum Gasteiger partial charge on any atom is 0.295 e. The number of rotatable bonds is 8. The number of hydrazine groups is 1. The van der Waals surface area contributed by atoms with Gasteiger partial charge in [0.15, 0.2) is 5.15 Å². The number of nitrogens with zero attached hydrogens (tertiary/aromatic N) is 3.